The molecule has 1 atom stereocenters. The van der Waals surface area contributed by atoms with E-state index < -0.39 is 28.8 Å². The van der Waals surface area contributed by atoms with Crippen LogP contribution >= 0.6 is 0 Å². The number of carboxylic acid groups (broad SMARTS) is 1. The van der Waals surface area contributed by atoms with Crippen LogP contribution in [-0.2, 0) is 10.3 Å². The third-order valence-electron chi connectivity index (χ3n) is 2.10. The summed E-state index contributed by atoms with van der Waals surface area (Å²) in [7, 11) is 0. The van der Waals surface area contributed by atoms with Crippen molar-refractivity contribution in [3.8, 4) is 17.2 Å². The zero-order valence-corrected chi connectivity index (χ0v) is 7.93. The third-order valence-corrected chi connectivity index (χ3v) is 2.10. The van der Waals surface area contributed by atoms with Crippen molar-refractivity contribution >= 4 is 5.97 Å². The van der Waals surface area contributed by atoms with Crippen molar-refractivity contribution in [3.05, 3.63) is 17.7 Å². The first-order chi connectivity index (χ1) is 6.76. The average Bonchev–Trinajstić information content (AvgIpc) is 2.10. The Morgan fingerprint density at radius 2 is 1.67 bits per heavy atom. The highest BCUT2D eigenvalue weighted by Crippen LogP contribution is 2.36. The van der Waals surface area contributed by atoms with Crippen LogP contribution < -0.4 is 5.73 Å². The zero-order valence-electron chi connectivity index (χ0n) is 7.93. The van der Waals surface area contributed by atoms with Crippen molar-refractivity contribution in [1.82, 2.24) is 0 Å². The predicted molar refractivity (Wildman–Crippen MR) is 50.6 cm³/mol. The van der Waals surface area contributed by atoms with E-state index in [0.717, 1.165) is 12.1 Å². The smallest absolute Gasteiger partial charge is 0.328 e. The normalized spacial score (nSPS) is 14.5. The van der Waals surface area contributed by atoms with Gasteiger partial charge in [-0.25, -0.2) is 4.79 Å². The summed E-state index contributed by atoms with van der Waals surface area (Å²) in [6.45, 7) is 1.17. The lowest BCUT2D eigenvalue weighted by Crippen LogP contribution is -2.41. The fourth-order valence-corrected chi connectivity index (χ4v) is 1.10. The lowest BCUT2D eigenvalue weighted by atomic mass is 9.92. The number of rotatable bonds is 2. The van der Waals surface area contributed by atoms with Gasteiger partial charge in [0.15, 0.2) is 11.5 Å². The van der Waals surface area contributed by atoms with E-state index in [9.17, 15) is 9.90 Å². The van der Waals surface area contributed by atoms with Gasteiger partial charge in [-0.05, 0) is 13.0 Å². The highest BCUT2D eigenvalue weighted by atomic mass is 16.4. The first-order valence-corrected chi connectivity index (χ1v) is 4.04. The molecule has 0 aromatic heterocycles. The van der Waals surface area contributed by atoms with Gasteiger partial charge in [0.1, 0.15) is 11.3 Å². The van der Waals surface area contributed by atoms with Gasteiger partial charge >= 0.3 is 5.97 Å². The Hall–Kier alpha value is -1.95. The molecular formula is C9H11NO5. The van der Waals surface area contributed by atoms with Crippen LogP contribution in [0.2, 0.25) is 0 Å². The van der Waals surface area contributed by atoms with Gasteiger partial charge < -0.3 is 26.2 Å². The summed E-state index contributed by atoms with van der Waals surface area (Å²) in [6.07, 6.45) is 0. The molecule has 1 rings (SSSR count). The van der Waals surface area contributed by atoms with Crippen LogP contribution in [0.25, 0.3) is 0 Å². The standard InChI is InChI=1S/C9H11NO5/c1-9(10,8(14)15)4-2-6(12)7(13)3-5(4)11/h2-3,11-13H,10H2,1H3,(H,14,15)/t9-/m1/s1. The maximum Gasteiger partial charge on any atom is 0.328 e. The van der Waals surface area contributed by atoms with E-state index in [1.165, 1.54) is 6.92 Å². The highest BCUT2D eigenvalue weighted by Gasteiger charge is 2.33. The maximum atomic E-state index is 10.8. The summed E-state index contributed by atoms with van der Waals surface area (Å²) >= 11 is 0. The minimum atomic E-state index is -1.84. The number of phenols is 3. The molecule has 0 saturated carbocycles. The molecule has 0 spiro atoms. The monoisotopic (exact) mass is 213 g/mol. The zero-order chi connectivity index (χ0) is 11.8. The topological polar surface area (TPSA) is 124 Å². The summed E-state index contributed by atoms with van der Waals surface area (Å²) in [4.78, 5) is 10.8. The molecule has 6 nitrogen and oxygen atoms in total. The van der Waals surface area contributed by atoms with E-state index >= 15 is 0 Å². The van der Waals surface area contributed by atoms with E-state index in [1.807, 2.05) is 0 Å². The van der Waals surface area contributed by atoms with Gasteiger partial charge in [0.05, 0.1) is 0 Å². The van der Waals surface area contributed by atoms with Gasteiger partial charge in [0.2, 0.25) is 0 Å². The molecule has 0 radical (unpaired) electrons. The number of benzene rings is 1. The molecule has 15 heavy (non-hydrogen) atoms. The second-order valence-electron chi connectivity index (χ2n) is 3.37. The van der Waals surface area contributed by atoms with Crippen LogP contribution in [0, 0.1) is 0 Å². The van der Waals surface area contributed by atoms with Crippen LogP contribution in [0.4, 0.5) is 0 Å². The quantitative estimate of drug-likeness (QED) is 0.349. The molecule has 6 N–H and O–H groups in total. The van der Waals surface area contributed by atoms with Crippen molar-refractivity contribution in [1.29, 1.82) is 0 Å². The summed E-state index contributed by atoms with van der Waals surface area (Å²) in [5.74, 6) is -2.93. The van der Waals surface area contributed by atoms with Crippen molar-refractivity contribution in [2.45, 2.75) is 12.5 Å². The van der Waals surface area contributed by atoms with Crippen LogP contribution in [0.15, 0.2) is 12.1 Å². The molecule has 0 amide bonds. The number of phenolic OH excluding ortho intramolecular Hbond substituents is 3. The van der Waals surface area contributed by atoms with Crippen LogP contribution in [0.5, 0.6) is 17.2 Å². The Bertz CT molecular complexity index is 413. The molecule has 1 aromatic rings. The molecule has 0 bridgehead atoms. The molecule has 0 fully saturated rings. The third kappa shape index (κ3) is 1.79. The lowest BCUT2D eigenvalue weighted by Gasteiger charge is -2.21. The Balaban J connectivity index is 3.38. The van der Waals surface area contributed by atoms with E-state index in [0.29, 0.717) is 0 Å². The van der Waals surface area contributed by atoms with Crippen molar-refractivity contribution in [2.24, 2.45) is 5.73 Å². The SMILES string of the molecule is C[C@](N)(C(=O)O)c1cc(O)c(O)cc1O. The number of aromatic hydroxyl groups is 3. The summed E-state index contributed by atoms with van der Waals surface area (Å²) in [5.41, 5.74) is 3.43. The van der Waals surface area contributed by atoms with E-state index in [1.54, 1.807) is 0 Å². The Morgan fingerprint density at radius 1 is 1.20 bits per heavy atom. The fraction of sp³-hybridized carbons (Fsp3) is 0.222. The first kappa shape index (κ1) is 11.1. The molecule has 0 heterocycles. The van der Waals surface area contributed by atoms with E-state index in [4.69, 9.17) is 21.1 Å². The van der Waals surface area contributed by atoms with Gasteiger partial charge in [-0.15, -0.1) is 0 Å². The van der Waals surface area contributed by atoms with Crippen LogP contribution in [0.3, 0.4) is 0 Å². The average molecular weight is 213 g/mol. The Labute approximate surface area is 85.2 Å². The van der Waals surface area contributed by atoms with Crippen molar-refractivity contribution in [3.63, 3.8) is 0 Å². The van der Waals surface area contributed by atoms with E-state index in [2.05, 4.69) is 0 Å². The summed E-state index contributed by atoms with van der Waals surface area (Å²) in [6, 6.07) is 1.75. The molecule has 0 aliphatic heterocycles. The van der Waals surface area contributed by atoms with Crippen molar-refractivity contribution in [2.75, 3.05) is 0 Å². The van der Waals surface area contributed by atoms with Crippen LogP contribution in [0.1, 0.15) is 12.5 Å². The van der Waals surface area contributed by atoms with Gasteiger partial charge in [-0.2, -0.15) is 0 Å². The number of hydrogen-bond acceptors (Lipinski definition) is 5. The minimum Gasteiger partial charge on any atom is -0.507 e. The van der Waals surface area contributed by atoms with Crippen molar-refractivity contribution < 1.29 is 25.2 Å². The molecule has 82 valence electrons. The molecule has 0 aliphatic carbocycles. The number of nitrogens with two attached hydrogens (primary N) is 1. The highest BCUT2D eigenvalue weighted by molar-refractivity contribution is 5.81. The Morgan fingerprint density at radius 3 is 2.13 bits per heavy atom. The summed E-state index contributed by atoms with van der Waals surface area (Å²) < 4.78 is 0. The summed E-state index contributed by atoms with van der Waals surface area (Å²) in [5, 5.41) is 36.4. The maximum absolute atomic E-state index is 10.8. The minimum absolute atomic E-state index is 0.176. The Kier molecular flexibility index (Phi) is 2.46. The van der Waals surface area contributed by atoms with Gasteiger partial charge in [-0.3, -0.25) is 0 Å². The molecule has 1 aromatic carbocycles. The number of aliphatic carboxylic acids is 1. The molecule has 0 saturated heterocycles. The van der Waals surface area contributed by atoms with Crippen LogP contribution in [-0.4, -0.2) is 26.4 Å². The molecule has 6 heteroatoms. The number of hydrogen-bond donors (Lipinski definition) is 5. The lowest BCUT2D eigenvalue weighted by molar-refractivity contribution is -0.143. The second kappa shape index (κ2) is 3.32. The first-order valence-electron chi connectivity index (χ1n) is 4.04. The second-order valence-corrected chi connectivity index (χ2v) is 3.37. The van der Waals surface area contributed by atoms with Gasteiger partial charge in [0.25, 0.3) is 0 Å². The largest absolute Gasteiger partial charge is 0.507 e. The number of carbonyl (C=O) groups is 1. The predicted octanol–water partition coefficient (Wildman–Crippen LogP) is 0.0619. The van der Waals surface area contributed by atoms with Gasteiger partial charge in [-0.1, -0.05) is 0 Å². The molecule has 0 unspecified atom stereocenters. The fourth-order valence-electron chi connectivity index (χ4n) is 1.10. The van der Waals surface area contributed by atoms with E-state index in [-0.39, 0.29) is 5.56 Å². The molecule has 0 aliphatic rings. The van der Waals surface area contributed by atoms with Gasteiger partial charge in [0, 0.05) is 11.6 Å². The molecular weight excluding hydrogens is 202 g/mol. The number of carboxylic acids is 1.